The van der Waals surface area contributed by atoms with Crippen molar-refractivity contribution in [2.75, 3.05) is 0 Å². The molecule has 3 nitrogen and oxygen atoms in total. The van der Waals surface area contributed by atoms with Crippen molar-refractivity contribution < 1.29 is 0 Å². The molecule has 2 atom stereocenters. The molecule has 0 spiro atoms. The molecule has 1 heterocycles. The van der Waals surface area contributed by atoms with Gasteiger partial charge in [0, 0.05) is 24.5 Å². The number of para-hydroxylation sites is 1. The number of aryl methyl sites for hydroxylation is 1. The van der Waals surface area contributed by atoms with Crippen LogP contribution in [0.5, 0.6) is 0 Å². The van der Waals surface area contributed by atoms with Gasteiger partial charge in [0.2, 0.25) is 0 Å². The zero-order valence-electron chi connectivity index (χ0n) is 13.5. The Hall–Kier alpha value is -1.35. The van der Waals surface area contributed by atoms with Crippen LogP contribution in [0.1, 0.15) is 45.7 Å². The van der Waals surface area contributed by atoms with Crippen LogP contribution >= 0.6 is 0 Å². The van der Waals surface area contributed by atoms with Gasteiger partial charge in [0.15, 0.2) is 0 Å². The minimum Gasteiger partial charge on any atom is -0.308 e. The second-order valence-corrected chi connectivity index (χ2v) is 6.77. The predicted molar refractivity (Wildman–Crippen MR) is 88.2 cm³/mol. The minimum absolute atomic E-state index is 0.647. The van der Waals surface area contributed by atoms with E-state index >= 15 is 0 Å². The van der Waals surface area contributed by atoms with E-state index in [1.807, 2.05) is 0 Å². The van der Waals surface area contributed by atoms with Crippen LogP contribution in [0.15, 0.2) is 24.3 Å². The first-order valence-corrected chi connectivity index (χ1v) is 8.35. The molecule has 1 fully saturated rings. The van der Waals surface area contributed by atoms with E-state index < -0.39 is 0 Å². The fraction of sp³-hybridized carbons (Fsp3) is 0.611. The van der Waals surface area contributed by atoms with Gasteiger partial charge in [-0.1, -0.05) is 32.0 Å². The third kappa shape index (κ3) is 3.13. The Morgan fingerprint density at radius 3 is 2.57 bits per heavy atom. The Labute approximate surface area is 127 Å². The summed E-state index contributed by atoms with van der Waals surface area (Å²) in [5.74, 6) is 1.69. The van der Waals surface area contributed by atoms with Crippen LogP contribution in [-0.2, 0) is 13.1 Å². The Bertz CT molecular complexity index is 592. The normalized spacial score (nSPS) is 26.3. The summed E-state index contributed by atoms with van der Waals surface area (Å²) in [7, 11) is 0. The Morgan fingerprint density at radius 2 is 1.86 bits per heavy atom. The molecule has 2 unspecified atom stereocenters. The Balaban J connectivity index is 1.73. The van der Waals surface area contributed by atoms with Crippen LogP contribution in [0, 0.1) is 11.8 Å². The van der Waals surface area contributed by atoms with E-state index in [9.17, 15) is 0 Å². The highest BCUT2D eigenvalue weighted by Gasteiger charge is 2.23. The number of nitrogens with zero attached hydrogens (tertiary/aromatic N) is 2. The molecule has 0 aliphatic heterocycles. The van der Waals surface area contributed by atoms with E-state index in [1.54, 1.807) is 0 Å². The minimum atomic E-state index is 0.647. The lowest BCUT2D eigenvalue weighted by Gasteiger charge is -2.32. The van der Waals surface area contributed by atoms with Crippen LogP contribution in [0.25, 0.3) is 10.9 Å². The average molecular weight is 285 g/mol. The molecule has 0 bridgehead atoms. The fourth-order valence-corrected chi connectivity index (χ4v) is 3.92. The molecule has 1 aromatic carbocycles. The second kappa shape index (κ2) is 6.18. The molecule has 1 aliphatic rings. The largest absolute Gasteiger partial charge is 0.308 e. The number of rotatable bonds is 4. The van der Waals surface area contributed by atoms with Crippen LogP contribution in [-0.4, -0.2) is 15.8 Å². The Kier molecular flexibility index (Phi) is 4.29. The van der Waals surface area contributed by atoms with Gasteiger partial charge in [0.25, 0.3) is 0 Å². The van der Waals surface area contributed by atoms with Gasteiger partial charge in [0.05, 0.1) is 11.2 Å². The molecule has 0 radical (unpaired) electrons. The quantitative estimate of drug-likeness (QED) is 0.921. The molecule has 21 heavy (non-hydrogen) atoms. The lowest BCUT2D eigenvalue weighted by atomic mass is 9.80. The van der Waals surface area contributed by atoms with Crippen molar-refractivity contribution in [1.29, 1.82) is 0 Å². The number of nitrogens with one attached hydrogen (secondary N) is 1. The first-order valence-electron chi connectivity index (χ1n) is 8.35. The number of hydrogen-bond acceptors (Lipinski definition) is 2. The third-order valence-electron chi connectivity index (χ3n) is 4.77. The van der Waals surface area contributed by atoms with E-state index in [-0.39, 0.29) is 0 Å². The first kappa shape index (κ1) is 14.6. The number of fused-ring (bicyclic) bond motifs is 1. The fourth-order valence-electron chi connectivity index (χ4n) is 3.92. The maximum Gasteiger partial charge on any atom is 0.0841 e. The third-order valence-corrected chi connectivity index (χ3v) is 4.77. The van der Waals surface area contributed by atoms with Crippen molar-refractivity contribution in [1.82, 2.24) is 15.1 Å². The van der Waals surface area contributed by atoms with Crippen LogP contribution in [0.4, 0.5) is 0 Å². The van der Waals surface area contributed by atoms with Crippen molar-refractivity contribution in [2.24, 2.45) is 11.8 Å². The molecule has 114 valence electrons. The molecule has 0 amide bonds. The number of hydrogen-bond donors (Lipinski definition) is 1. The molecule has 1 N–H and O–H groups in total. The smallest absolute Gasteiger partial charge is 0.0841 e. The molecule has 3 rings (SSSR count). The maximum atomic E-state index is 4.78. The second-order valence-electron chi connectivity index (χ2n) is 6.77. The summed E-state index contributed by atoms with van der Waals surface area (Å²) in [6.45, 7) is 8.73. The lowest BCUT2D eigenvalue weighted by molar-refractivity contribution is 0.237. The molecule has 2 aromatic rings. The van der Waals surface area contributed by atoms with E-state index in [4.69, 9.17) is 5.10 Å². The Morgan fingerprint density at radius 1 is 1.14 bits per heavy atom. The summed E-state index contributed by atoms with van der Waals surface area (Å²) in [6, 6.07) is 9.21. The van der Waals surface area contributed by atoms with E-state index in [2.05, 4.69) is 55.0 Å². The van der Waals surface area contributed by atoms with E-state index in [0.717, 1.165) is 24.9 Å². The van der Waals surface area contributed by atoms with Gasteiger partial charge in [-0.3, -0.25) is 4.68 Å². The van der Waals surface area contributed by atoms with Crippen LogP contribution in [0.2, 0.25) is 0 Å². The van der Waals surface area contributed by atoms with Crippen molar-refractivity contribution >= 4 is 10.9 Å². The van der Waals surface area contributed by atoms with Gasteiger partial charge in [-0.25, -0.2) is 0 Å². The van der Waals surface area contributed by atoms with Crippen molar-refractivity contribution in [3.05, 3.63) is 30.0 Å². The summed E-state index contributed by atoms with van der Waals surface area (Å²) in [6.07, 6.45) is 3.99. The summed E-state index contributed by atoms with van der Waals surface area (Å²) in [4.78, 5) is 0. The van der Waals surface area contributed by atoms with Crippen LogP contribution < -0.4 is 5.32 Å². The predicted octanol–water partition coefficient (Wildman–Crippen LogP) is 3.97. The summed E-state index contributed by atoms with van der Waals surface area (Å²) < 4.78 is 2.11. The number of benzene rings is 1. The summed E-state index contributed by atoms with van der Waals surface area (Å²) in [5.41, 5.74) is 2.44. The van der Waals surface area contributed by atoms with Gasteiger partial charge in [-0.15, -0.1) is 0 Å². The van der Waals surface area contributed by atoms with Crippen molar-refractivity contribution in [3.63, 3.8) is 0 Å². The molecule has 1 saturated carbocycles. The van der Waals surface area contributed by atoms with Gasteiger partial charge >= 0.3 is 0 Å². The molecule has 1 aromatic heterocycles. The molecule has 3 heteroatoms. The SMILES string of the molecule is CCn1nc(CNC2CC(C)CC(C)C2)c2ccccc21. The van der Waals surface area contributed by atoms with Crippen LogP contribution in [0.3, 0.4) is 0 Å². The van der Waals surface area contributed by atoms with E-state index in [1.165, 1.54) is 35.9 Å². The average Bonchev–Trinajstić information content (AvgIpc) is 2.82. The monoisotopic (exact) mass is 285 g/mol. The maximum absolute atomic E-state index is 4.78. The van der Waals surface area contributed by atoms with Crippen molar-refractivity contribution in [2.45, 2.75) is 59.2 Å². The molecule has 0 saturated heterocycles. The molecular formula is C18H27N3. The molecular weight excluding hydrogens is 258 g/mol. The van der Waals surface area contributed by atoms with Gasteiger partial charge < -0.3 is 5.32 Å². The zero-order valence-corrected chi connectivity index (χ0v) is 13.5. The zero-order chi connectivity index (χ0) is 14.8. The highest BCUT2D eigenvalue weighted by molar-refractivity contribution is 5.81. The van der Waals surface area contributed by atoms with Crippen molar-refractivity contribution in [3.8, 4) is 0 Å². The summed E-state index contributed by atoms with van der Waals surface area (Å²) in [5, 5.41) is 9.83. The van der Waals surface area contributed by atoms with Gasteiger partial charge in [0.1, 0.15) is 0 Å². The topological polar surface area (TPSA) is 29.9 Å². The lowest BCUT2D eigenvalue weighted by Crippen LogP contribution is -2.36. The number of aromatic nitrogens is 2. The molecule has 1 aliphatic carbocycles. The highest BCUT2D eigenvalue weighted by atomic mass is 15.3. The summed E-state index contributed by atoms with van der Waals surface area (Å²) >= 11 is 0. The first-order chi connectivity index (χ1) is 10.2. The highest BCUT2D eigenvalue weighted by Crippen LogP contribution is 2.29. The van der Waals surface area contributed by atoms with Gasteiger partial charge in [-0.05, 0) is 44.1 Å². The standard InChI is InChI=1S/C18H27N3/c1-4-21-18-8-6-5-7-16(18)17(20-21)12-19-15-10-13(2)9-14(3)11-15/h5-8,13-15,19H,4,9-12H2,1-3H3. The van der Waals surface area contributed by atoms with E-state index in [0.29, 0.717) is 6.04 Å². The van der Waals surface area contributed by atoms with Gasteiger partial charge in [-0.2, -0.15) is 5.10 Å².